The third-order valence-electron chi connectivity index (χ3n) is 4.12. The maximum Gasteiger partial charge on any atom is 0.295 e. The van der Waals surface area contributed by atoms with Crippen molar-refractivity contribution in [2.75, 3.05) is 40.3 Å². The van der Waals surface area contributed by atoms with Gasteiger partial charge in [0.05, 0.1) is 12.7 Å². The molecule has 1 aliphatic rings. The van der Waals surface area contributed by atoms with Gasteiger partial charge in [0.2, 0.25) is 0 Å². The average Bonchev–Trinajstić information content (AvgIpc) is 2.97. The summed E-state index contributed by atoms with van der Waals surface area (Å²) in [6.45, 7) is 2.78. The van der Waals surface area contributed by atoms with Crippen LogP contribution >= 0.6 is 0 Å². The van der Waals surface area contributed by atoms with Gasteiger partial charge in [0.25, 0.3) is 11.7 Å². The van der Waals surface area contributed by atoms with Crippen LogP contribution in [0, 0.1) is 0 Å². The summed E-state index contributed by atoms with van der Waals surface area (Å²) in [4.78, 5) is 31.7. The van der Waals surface area contributed by atoms with Crippen LogP contribution in [0.25, 0.3) is 10.9 Å². The van der Waals surface area contributed by atoms with Crippen molar-refractivity contribution in [1.82, 2.24) is 14.8 Å². The predicted octanol–water partition coefficient (Wildman–Crippen LogP) is 1.13. The van der Waals surface area contributed by atoms with Gasteiger partial charge < -0.3 is 19.5 Å². The van der Waals surface area contributed by atoms with E-state index in [2.05, 4.69) is 9.88 Å². The van der Waals surface area contributed by atoms with Crippen LogP contribution in [0.15, 0.2) is 24.4 Å². The lowest BCUT2D eigenvalue weighted by Crippen LogP contribution is -2.49. The van der Waals surface area contributed by atoms with E-state index in [0.29, 0.717) is 24.4 Å². The fourth-order valence-electron chi connectivity index (χ4n) is 2.69. The molecule has 1 aromatic carbocycles. The lowest BCUT2D eigenvalue weighted by Gasteiger charge is -2.31. The Kier molecular flexibility index (Phi) is 3.85. The second kappa shape index (κ2) is 5.81. The number of nitrogens with one attached hydrogen (secondary N) is 1. The van der Waals surface area contributed by atoms with Gasteiger partial charge in [-0.1, -0.05) is 0 Å². The van der Waals surface area contributed by atoms with Crippen LogP contribution in [0.4, 0.5) is 0 Å². The molecule has 0 bridgehead atoms. The topological polar surface area (TPSA) is 65.6 Å². The highest BCUT2D eigenvalue weighted by Gasteiger charge is 2.27. The van der Waals surface area contributed by atoms with E-state index in [1.165, 1.54) is 0 Å². The normalized spacial score (nSPS) is 16.0. The SMILES string of the molecule is COc1ccc2c(C(=O)C(=O)N3CCN(C)CC3)c[nH]c2c1. The monoisotopic (exact) mass is 301 g/mol. The summed E-state index contributed by atoms with van der Waals surface area (Å²) in [5.74, 6) is -0.176. The van der Waals surface area contributed by atoms with E-state index in [0.717, 1.165) is 24.0 Å². The number of ether oxygens (including phenoxy) is 1. The Labute approximate surface area is 128 Å². The molecule has 6 heteroatoms. The fraction of sp³-hybridized carbons (Fsp3) is 0.375. The number of aromatic nitrogens is 1. The Hall–Kier alpha value is -2.34. The highest BCUT2D eigenvalue weighted by atomic mass is 16.5. The van der Waals surface area contributed by atoms with Crippen LogP contribution in [0.1, 0.15) is 10.4 Å². The van der Waals surface area contributed by atoms with E-state index in [1.54, 1.807) is 30.3 Å². The number of amides is 1. The molecule has 1 fully saturated rings. The summed E-state index contributed by atoms with van der Waals surface area (Å²) in [5, 5.41) is 0.744. The van der Waals surface area contributed by atoms with E-state index in [-0.39, 0.29) is 0 Å². The highest BCUT2D eigenvalue weighted by molar-refractivity contribution is 6.44. The molecule has 1 saturated heterocycles. The first-order valence-electron chi connectivity index (χ1n) is 7.27. The summed E-state index contributed by atoms with van der Waals surface area (Å²) >= 11 is 0. The Balaban J connectivity index is 1.84. The molecule has 1 aromatic heterocycles. The van der Waals surface area contributed by atoms with Crippen molar-refractivity contribution in [3.8, 4) is 5.75 Å². The van der Waals surface area contributed by atoms with Crippen molar-refractivity contribution >= 4 is 22.6 Å². The number of hydrogen-bond acceptors (Lipinski definition) is 4. The molecular weight excluding hydrogens is 282 g/mol. The lowest BCUT2D eigenvalue weighted by atomic mass is 10.1. The zero-order valence-electron chi connectivity index (χ0n) is 12.8. The minimum Gasteiger partial charge on any atom is -0.497 e. The largest absolute Gasteiger partial charge is 0.497 e. The molecule has 22 heavy (non-hydrogen) atoms. The van der Waals surface area contributed by atoms with Crippen molar-refractivity contribution in [2.45, 2.75) is 0 Å². The van der Waals surface area contributed by atoms with Gasteiger partial charge in [0, 0.05) is 49.3 Å². The standard InChI is InChI=1S/C16H19N3O3/c1-18-5-7-19(8-6-18)16(21)15(20)13-10-17-14-9-11(22-2)3-4-12(13)14/h3-4,9-10,17H,5-8H2,1-2H3. The number of H-pyrrole nitrogens is 1. The van der Waals surface area contributed by atoms with Gasteiger partial charge in [0.1, 0.15) is 5.75 Å². The number of hydrogen-bond donors (Lipinski definition) is 1. The number of piperazine rings is 1. The first-order chi connectivity index (χ1) is 10.6. The van der Waals surface area contributed by atoms with Crippen molar-refractivity contribution in [2.24, 2.45) is 0 Å². The molecule has 2 heterocycles. The number of carbonyl (C=O) groups excluding carboxylic acids is 2. The second-order valence-electron chi connectivity index (χ2n) is 5.54. The number of aromatic amines is 1. The maximum atomic E-state index is 12.5. The molecule has 0 radical (unpaired) electrons. The molecule has 0 saturated carbocycles. The number of rotatable bonds is 3. The van der Waals surface area contributed by atoms with Crippen LogP contribution in [-0.4, -0.2) is 66.8 Å². The summed E-state index contributed by atoms with van der Waals surface area (Å²) in [6.07, 6.45) is 1.60. The second-order valence-corrected chi connectivity index (χ2v) is 5.54. The van der Waals surface area contributed by atoms with Gasteiger partial charge in [-0.25, -0.2) is 0 Å². The molecule has 2 aromatic rings. The Morgan fingerprint density at radius 1 is 1.18 bits per heavy atom. The number of Topliss-reactive ketones (excluding diaryl/α,β-unsaturated/α-hetero) is 1. The summed E-state index contributed by atoms with van der Waals surface area (Å²) in [6, 6.07) is 5.40. The Morgan fingerprint density at radius 2 is 1.91 bits per heavy atom. The number of methoxy groups -OCH3 is 1. The first-order valence-corrected chi connectivity index (χ1v) is 7.27. The van der Waals surface area contributed by atoms with Crippen LogP contribution in [-0.2, 0) is 4.79 Å². The third kappa shape index (κ3) is 2.57. The Bertz CT molecular complexity index is 714. The van der Waals surface area contributed by atoms with Gasteiger partial charge in [-0.2, -0.15) is 0 Å². The van der Waals surface area contributed by atoms with Crippen molar-refractivity contribution < 1.29 is 14.3 Å². The van der Waals surface area contributed by atoms with Gasteiger partial charge in [0.15, 0.2) is 0 Å². The maximum absolute atomic E-state index is 12.5. The van der Waals surface area contributed by atoms with E-state index in [9.17, 15) is 9.59 Å². The fourth-order valence-corrected chi connectivity index (χ4v) is 2.69. The minimum absolute atomic E-state index is 0.418. The number of fused-ring (bicyclic) bond motifs is 1. The van der Waals surface area contributed by atoms with Crippen molar-refractivity contribution in [1.29, 1.82) is 0 Å². The number of likely N-dealkylation sites (N-methyl/N-ethyl adjacent to an activating group) is 1. The highest BCUT2D eigenvalue weighted by Crippen LogP contribution is 2.24. The molecule has 0 spiro atoms. The van der Waals surface area contributed by atoms with Crippen LogP contribution in [0.3, 0.4) is 0 Å². The first kappa shape index (κ1) is 14.6. The van der Waals surface area contributed by atoms with E-state index in [1.807, 2.05) is 13.1 Å². The molecule has 0 unspecified atom stereocenters. The summed E-state index contributed by atoms with van der Waals surface area (Å²) in [5.41, 5.74) is 1.20. The molecule has 0 aliphatic carbocycles. The molecule has 1 aliphatic heterocycles. The van der Waals surface area contributed by atoms with E-state index < -0.39 is 11.7 Å². The third-order valence-corrected chi connectivity index (χ3v) is 4.12. The average molecular weight is 301 g/mol. The molecule has 3 rings (SSSR count). The molecule has 0 atom stereocenters. The summed E-state index contributed by atoms with van der Waals surface area (Å²) < 4.78 is 5.16. The number of nitrogens with zero attached hydrogens (tertiary/aromatic N) is 2. The van der Waals surface area contributed by atoms with Crippen molar-refractivity contribution in [3.05, 3.63) is 30.0 Å². The van der Waals surface area contributed by atoms with E-state index in [4.69, 9.17) is 4.74 Å². The molecule has 6 nitrogen and oxygen atoms in total. The van der Waals surface area contributed by atoms with Gasteiger partial charge in [-0.15, -0.1) is 0 Å². The van der Waals surface area contributed by atoms with Crippen LogP contribution in [0.2, 0.25) is 0 Å². The van der Waals surface area contributed by atoms with Gasteiger partial charge in [-0.05, 0) is 19.2 Å². The molecule has 1 N–H and O–H groups in total. The summed E-state index contributed by atoms with van der Waals surface area (Å²) in [7, 11) is 3.60. The quantitative estimate of drug-likeness (QED) is 0.682. The zero-order chi connectivity index (χ0) is 15.7. The van der Waals surface area contributed by atoms with E-state index >= 15 is 0 Å². The van der Waals surface area contributed by atoms with Gasteiger partial charge >= 0.3 is 0 Å². The predicted molar refractivity (Wildman–Crippen MR) is 83.3 cm³/mol. The Morgan fingerprint density at radius 3 is 2.59 bits per heavy atom. The molecule has 116 valence electrons. The number of carbonyl (C=O) groups is 2. The molecule has 1 amide bonds. The van der Waals surface area contributed by atoms with Crippen LogP contribution in [0.5, 0.6) is 5.75 Å². The zero-order valence-corrected chi connectivity index (χ0v) is 12.8. The smallest absolute Gasteiger partial charge is 0.295 e. The number of ketones is 1. The lowest BCUT2D eigenvalue weighted by molar-refractivity contribution is -0.127. The van der Waals surface area contributed by atoms with Crippen molar-refractivity contribution in [3.63, 3.8) is 0 Å². The van der Waals surface area contributed by atoms with Crippen LogP contribution < -0.4 is 4.74 Å². The molecular formula is C16H19N3O3. The van der Waals surface area contributed by atoms with Gasteiger partial charge in [-0.3, -0.25) is 9.59 Å². The minimum atomic E-state index is -0.457. The number of benzene rings is 1.